The van der Waals surface area contributed by atoms with Gasteiger partial charge in [-0.2, -0.15) is 0 Å². The molecule has 1 unspecified atom stereocenters. The minimum atomic E-state index is -0.879. The fourth-order valence-corrected chi connectivity index (χ4v) is 1.64. The molecule has 0 amide bonds. The third-order valence-corrected chi connectivity index (χ3v) is 3.13. The molecule has 0 radical (unpaired) electrons. The van der Waals surface area contributed by atoms with Gasteiger partial charge in [0, 0.05) is 6.04 Å². The van der Waals surface area contributed by atoms with E-state index in [1.54, 1.807) is 30.3 Å². The molecule has 2 atom stereocenters. The Balaban J connectivity index is 0.000000204. The number of aromatic carboxylic acids is 1. The Kier molecular flexibility index (Phi) is 6.47. The van der Waals surface area contributed by atoms with Gasteiger partial charge in [-0.05, 0) is 30.5 Å². The van der Waals surface area contributed by atoms with Crippen molar-refractivity contribution in [3.63, 3.8) is 0 Å². The van der Waals surface area contributed by atoms with Crippen molar-refractivity contribution in [3.05, 3.63) is 71.8 Å². The van der Waals surface area contributed by atoms with Gasteiger partial charge in [0.2, 0.25) is 0 Å². The van der Waals surface area contributed by atoms with E-state index < -0.39 is 5.97 Å². The molecule has 3 N–H and O–H groups in total. The molecule has 2 aromatic rings. The molecule has 2 rings (SSSR count). The maximum atomic E-state index is 10.2. The van der Waals surface area contributed by atoms with E-state index in [9.17, 15) is 4.79 Å². The maximum Gasteiger partial charge on any atom is 0.335 e. The van der Waals surface area contributed by atoms with Crippen LogP contribution in [0.4, 0.5) is 0 Å². The number of carboxylic acid groups (broad SMARTS) is 1. The summed E-state index contributed by atoms with van der Waals surface area (Å²) in [5.74, 6) is -0.424. The third kappa shape index (κ3) is 5.24. The van der Waals surface area contributed by atoms with Crippen molar-refractivity contribution in [2.24, 2.45) is 5.73 Å². The average Bonchev–Trinajstić information content (AvgIpc) is 2.49. The van der Waals surface area contributed by atoms with Crippen LogP contribution < -0.4 is 5.73 Å². The Labute approximate surface area is 120 Å². The van der Waals surface area contributed by atoms with Crippen LogP contribution in [0.2, 0.25) is 0 Å². The molecule has 0 bridgehead atoms. The second-order valence-electron chi connectivity index (χ2n) is 4.73. The highest BCUT2D eigenvalue weighted by Crippen LogP contribution is 2.16. The van der Waals surface area contributed by atoms with Gasteiger partial charge < -0.3 is 10.8 Å². The van der Waals surface area contributed by atoms with Gasteiger partial charge >= 0.3 is 5.97 Å². The van der Waals surface area contributed by atoms with Crippen LogP contribution in [0.25, 0.3) is 0 Å². The summed E-state index contributed by atoms with van der Waals surface area (Å²) in [5, 5.41) is 8.38. The van der Waals surface area contributed by atoms with Crippen LogP contribution >= 0.6 is 0 Å². The first-order chi connectivity index (χ1) is 9.52. The molecule has 0 heterocycles. The Hall–Kier alpha value is -2.13. The average molecular weight is 271 g/mol. The van der Waals surface area contributed by atoms with Gasteiger partial charge in [-0.25, -0.2) is 4.79 Å². The Bertz CT molecular complexity index is 509. The fourth-order valence-electron chi connectivity index (χ4n) is 1.64. The van der Waals surface area contributed by atoms with E-state index in [1.165, 1.54) is 5.56 Å². The van der Waals surface area contributed by atoms with Crippen LogP contribution in [0.3, 0.4) is 0 Å². The van der Waals surface area contributed by atoms with E-state index >= 15 is 0 Å². The minimum Gasteiger partial charge on any atom is -0.478 e. The smallest absolute Gasteiger partial charge is 0.335 e. The Morgan fingerprint density at radius 1 is 0.950 bits per heavy atom. The predicted octanol–water partition coefficient (Wildman–Crippen LogP) is 3.52. The monoisotopic (exact) mass is 271 g/mol. The largest absolute Gasteiger partial charge is 0.478 e. The highest BCUT2D eigenvalue weighted by atomic mass is 16.4. The van der Waals surface area contributed by atoms with Crippen LogP contribution in [0.1, 0.15) is 35.7 Å². The molecule has 0 spiro atoms. The van der Waals surface area contributed by atoms with Crippen molar-refractivity contribution in [1.29, 1.82) is 0 Å². The van der Waals surface area contributed by atoms with Gasteiger partial charge in [0.05, 0.1) is 5.56 Å². The number of carbonyl (C=O) groups is 1. The summed E-state index contributed by atoms with van der Waals surface area (Å²) < 4.78 is 0. The minimum absolute atomic E-state index is 0.234. The molecule has 0 aromatic heterocycles. The first kappa shape index (κ1) is 15.9. The molecule has 0 aliphatic rings. The molecule has 0 aliphatic heterocycles. The highest BCUT2D eigenvalue weighted by molar-refractivity contribution is 5.87. The van der Waals surface area contributed by atoms with Crippen LogP contribution in [0.5, 0.6) is 0 Å². The molecule has 20 heavy (non-hydrogen) atoms. The van der Waals surface area contributed by atoms with Crippen molar-refractivity contribution in [3.8, 4) is 0 Å². The SMILES string of the molecule is CC(N)[C@H](C)c1ccccc1.O=C(O)c1ccccc1. The van der Waals surface area contributed by atoms with Crippen molar-refractivity contribution < 1.29 is 9.90 Å². The maximum absolute atomic E-state index is 10.2. The van der Waals surface area contributed by atoms with Gasteiger partial charge in [-0.3, -0.25) is 0 Å². The van der Waals surface area contributed by atoms with Gasteiger partial charge in [0.1, 0.15) is 0 Å². The number of rotatable bonds is 3. The quantitative estimate of drug-likeness (QED) is 0.897. The van der Waals surface area contributed by atoms with Crippen molar-refractivity contribution in [1.82, 2.24) is 0 Å². The topological polar surface area (TPSA) is 63.3 Å². The molecule has 106 valence electrons. The zero-order chi connectivity index (χ0) is 15.0. The summed E-state index contributed by atoms with van der Waals surface area (Å²) in [6.07, 6.45) is 0. The lowest BCUT2D eigenvalue weighted by Crippen LogP contribution is -2.22. The molecule has 3 nitrogen and oxygen atoms in total. The molecule has 0 fully saturated rings. The van der Waals surface area contributed by atoms with E-state index in [0.717, 1.165) is 0 Å². The second-order valence-corrected chi connectivity index (χ2v) is 4.73. The molecule has 0 aliphatic carbocycles. The summed E-state index contributed by atoms with van der Waals surface area (Å²) in [5.41, 5.74) is 7.42. The third-order valence-electron chi connectivity index (χ3n) is 3.13. The van der Waals surface area contributed by atoms with Crippen LogP contribution in [0.15, 0.2) is 60.7 Å². The standard InChI is InChI=1S/C10H15N.C7H6O2/c1-8(9(2)11)10-6-4-3-5-7-10;8-7(9)6-4-2-1-3-5-6/h3-9H,11H2,1-2H3;1-5H,(H,8,9)/t8-,9?;/m0./s1. The summed E-state index contributed by atoms with van der Waals surface area (Å²) in [7, 11) is 0. The number of carboxylic acids is 1. The molecule has 3 heteroatoms. The number of benzene rings is 2. The van der Waals surface area contributed by atoms with E-state index in [1.807, 2.05) is 25.1 Å². The molecule has 0 saturated heterocycles. The van der Waals surface area contributed by atoms with Gasteiger partial charge in [0.25, 0.3) is 0 Å². The zero-order valence-corrected chi connectivity index (χ0v) is 11.9. The summed E-state index contributed by atoms with van der Waals surface area (Å²) >= 11 is 0. The van der Waals surface area contributed by atoms with E-state index in [4.69, 9.17) is 10.8 Å². The van der Waals surface area contributed by atoms with Crippen LogP contribution in [-0.4, -0.2) is 17.1 Å². The zero-order valence-electron chi connectivity index (χ0n) is 11.9. The van der Waals surface area contributed by atoms with Gasteiger partial charge in [-0.1, -0.05) is 55.5 Å². The normalized spacial score (nSPS) is 12.8. The van der Waals surface area contributed by atoms with Gasteiger partial charge in [0.15, 0.2) is 0 Å². The second kappa shape index (κ2) is 8.12. The Morgan fingerprint density at radius 3 is 1.75 bits per heavy atom. The Morgan fingerprint density at radius 2 is 1.40 bits per heavy atom. The predicted molar refractivity (Wildman–Crippen MR) is 81.9 cm³/mol. The van der Waals surface area contributed by atoms with Crippen molar-refractivity contribution >= 4 is 5.97 Å². The number of nitrogens with two attached hydrogens (primary N) is 1. The van der Waals surface area contributed by atoms with E-state index in [2.05, 4.69) is 19.1 Å². The molecule has 2 aromatic carbocycles. The lowest BCUT2D eigenvalue weighted by molar-refractivity contribution is 0.0697. The first-order valence-corrected chi connectivity index (χ1v) is 6.61. The number of hydrogen-bond donors (Lipinski definition) is 2. The first-order valence-electron chi connectivity index (χ1n) is 6.61. The van der Waals surface area contributed by atoms with Crippen molar-refractivity contribution in [2.45, 2.75) is 25.8 Å². The summed E-state index contributed by atoms with van der Waals surface area (Å²) in [6.45, 7) is 4.19. The molecular formula is C17H21NO2. The van der Waals surface area contributed by atoms with E-state index in [0.29, 0.717) is 11.5 Å². The highest BCUT2D eigenvalue weighted by Gasteiger charge is 2.08. The van der Waals surface area contributed by atoms with Crippen LogP contribution in [0, 0.1) is 0 Å². The summed E-state index contributed by atoms with van der Waals surface area (Å²) in [4.78, 5) is 10.2. The summed E-state index contributed by atoms with van der Waals surface area (Å²) in [6, 6.07) is 18.9. The molecule has 0 saturated carbocycles. The van der Waals surface area contributed by atoms with Crippen molar-refractivity contribution in [2.75, 3.05) is 0 Å². The van der Waals surface area contributed by atoms with Gasteiger partial charge in [-0.15, -0.1) is 0 Å². The lowest BCUT2D eigenvalue weighted by atomic mass is 9.95. The van der Waals surface area contributed by atoms with Crippen LogP contribution in [-0.2, 0) is 0 Å². The number of hydrogen-bond acceptors (Lipinski definition) is 2. The fraction of sp³-hybridized carbons (Fsp3) is 0.235. The van der Waals surface area contributed by atoms with E-state index in [-0.39, 0.29) is 6.04 Å². The lowest BCUT2D eigenvalue weighted by Gasteiger charge is -2.15. The molecular weight excluding hydrogens is 250 g/mol.